The topological polar surface area (TPSA) is 102 Å². The fraction of sp³-hybridized carbons (Fsp3) is 0.429. The summed E-state index contributed by atoms with van der Waals surface area (Å²) in [6, 6.07) is -0.603. The second kappa shape index (κ2) is 7.73. The standard InChI is InChI=1S/C14H18N4O4S/c1-9(2)6-15-13(21)17-11(19)8-22-12(20)5-10-7-18-3-4-23-14(18)16-10/h3-4,7,9H,5-6,8H2,1-2H3,(H2,15,17,19,21). The summed E-state index contributed by atoms with van der Waals surface area (Å²) in [6.07, 6.45) is 3.54. The molecule has 0 atom stereocenters. The van der Waals surface area contributed by atoms with Gasteiger partial charge in [-0.1, -0.05) is 13.8 Å². The van der Waals surface area contributed by atoms with Crippen molar-refractivity contribution in [2.75, 3.05) is 13.2 Å². The van der Waals surface area contributed by atoms with Crippen molar-refractivity contribution in [3.05, 3.63) is 23.5 Å². The average molecular weight is 338 g/mol. The molecule has 2 heterocycles. The largest absolute Gasteiger partial charge is 0.455 e. The van der Waals surface area contributed by atoms with Gasteiger partial charge in [-0.15, -0.1) is 11.3 Å². The van der Waals surface area contributed by atoms with Gasteiger partial charge in [-0.3, -0.25) is 19.3 Å². The van der Waals surface area contributed by atoms with Crippen molar-refractivity contribution in [2.24, 2.45) is 5.92 Å². The molecule has 23 heavy (non-hydrogen) atoms. The number of carbonyl (C=O) groups excluding carboxylic acids is 3. The third-order valence-electron chi connectivity index (χ3n) is 2.76. The molecular weight excluding hydrogens is 320 g/mol. The van der Waals surface area contributed by atoms with E-state index in [4.69, 9.17) is 4.74 Å². The van der Waals surface area contributed by atoms with Gasteiger partial charge < -0.3 is 10.1 Å². The maximum Gasteiger partial charge on any atom is 0.321 e. The number of amides is 3. The highest BCUT2D eigenvalue weighted by Crippen LogP contribution is 2.11. The Kier molecular flexibility index (Phi) is 5.69. The number of hydrogen-bond donors (Lipinski definition) is 2. The van der Waals surface area contributed by atoms with E-state index in [1.54, 1.807) is 10.6 Å². The second-order valence-electron chi connectivity index (χ2n) is 5.31. The zero-order valence-corrected chi connectivity index (χ0v) is 13.7. The van der Waals surface area contributed by atoms with Crippen LogP contribution in [0, 0.1) is 5.92 Å². The van der Waals surface area contributed by atoms with Crippen LogP contribution in [0.4, 0.5) is 4.79 Å². The first-order valence-corrected chi connectivity index (χ1v) is 7.96. The molecule has 3 amide bonds. The lowest BCUT2D eigenvalue weighted by Crippen LogP contribution is -2.42. The molecule has 2 aromatic heterocycles. The molecule has 9 heteroatoms. The van der Waals surface area contributed by atoms with Crippen molar-refractivity contribution < 1.29 is 19.1 Å². The number of thiazole rings is 1. The van der Waals surface area contributed by atoms with Crippen LogP contribution in [0.15, 0.2) is 17.8 Å². The highest BCUT2D eigenvalue weighted by Gasteiger charge is 2.13. The van der Waals surface area contributed by atoms with Crippen LogP contribution in [0.1, 0.15) is 19.5 Å². The third kappa shape index (κ3) is 5.37. The summed E-state index contributed by atoms with van der Waals surface area (Å²) in [7, 11) is 0. The van der Waals surface area contributed by atoms with E-state index in [0.717, 1.165) is 4.96 Å². The number of rotatable bonds is 6. The second-order valence-corrected chi connectivity index (χ2v) is 6.19. The first-order chi connectivity index (χ1) is 10.9. The third-order valence-corrected chi connectivity index (χ3v) is 3.53. The number of aromatic nitrogens is 2. The zero-order chi connectivity index (χ0) is 16.8. The van der Waals surface area contributed by atoms with Gasteiger partial charge in [0.15, 0.2) is 11.6 Å². The number of nitrogens with zero attached hydrogens (tertiary/aromatic N) is 2. The molecule has 0 spiro atoms. The molecule has 2 N–H and O–H groups in total. The Morgan fingerprint density at radius 2 is 2.17 bits per heavy atom. The van der Waals surface area contributed by atoms with Gasteiger partial charge in [0, 0.05) is 24.3 Å². The normalized spacial score (nSPS) is 10.7. The lowest BCUT2D eigenvalue weighted by atomic mass is 10.2. The van der Waals surface area contributed by atoms with E-state index in [1.807, 2.05) is 25.4 Å². The van der Waals surface area contributed by atoms with Gasteiger partial charge in [-0.25, -0.2) is 9.78 Å². The number of imide groups is 1. The molecular formula is C14H18N4O4S. The van der Waals surface area contributed by atoms with E-state index >= 15 is 0 Å². The van der Waals surface area contributed by atoms with Crippen LogP contribution in [0.3, 0.4) is 0 Å². The Hall–Kier alpha value is -2.42. The van der Waals surface area contributed by atoms with E-state index in [0.29, 0.717) is 12.2 Å². The van der Waals surface area contributed by atoms with Crippen molar-refractivity contribution >= 4 is 34.2 Å². The molecule has 2 rings (SSSR count). The Morgan fingerprint density at radius 1 is 1.39 bits per heavy atom. The first kappa shape index (κ1) is 16.9. The van der Waals surface area contributed by atoms with Gasteiger partial charge in [0.05, 0.1) is 12.1 Å². The number of carbonyl (C=O) groups is 3. The van der Waals surface area contributed by atoms with E-state index in [-0.39, 0.29) is 12.3 Å². The van der Waals surface area contributed by atoms with Crippen molar-refractivity contribution in [3.63, 3.8) is 0 Å². The molecule has 0 unspecified atom stereocenters. The van der Waals surface area contributed by atoms with Crippen molar-refractivity contribution in [2.45, 2.75) is 20.3 Å². The van der Waals surface area contributed by atoms with Crippen LogP contribution >= 0.6 is 11.3 Å². The van der Waals surface area contributed by atoms with E-state index in [2.05, 4.69) is 15.6 Å². The summed E-state index contributed by atoms with van der Waals surface area (Å²) in [6.45, 7) is 3.82. The van der Waals surface area contributed by atoms with Crippen molar-refractivity contribution in [1.29, 1.82) is 0 Å². The predicted molar refractivity (Wildman–Crippen MR) is 84.1 cm³/mol. The molecule has 0 radical (unpaired) electrons. The van der Waals surface area contributed by atoms with Gasteiger partial charge in [0.25, 0.3) is 5.91 Å². The number of esters is 1. The van der Waals surface area contributed by atoms with Gasteiger partial charge >= 0.3 is 12.0 Å². The number of nitrogens with one attached hydrogen (secondary N) is 2. The molecule has 2 aromatic rings. The summed E-state index contributed by atoms with van der Waals surface area (Å²) in [4.78, 5) is 39.6. The van der Waals surface area contributed by atoms with Crippen LogP contribution in [0.5, 0.6) is 0 Å². The molecule has 0 aromatic carbocycles. The number of fused-ring (bicyclic) bond motifs is 1. The fourth-order valence-corrected chi connectivity index (χ4v) is 2.43. The minimum Gasteiger partial charge on any atom is -0.455 e. The Bertz CT molecular complexity index is 678. The quantitative estimate of drug-likeness (QED) is 0.764. The molecule has 0 fully saturated rings. The summed E-state index contributed by atoms with van der Waals surface area (Å²) in [5.41, 5.74) is 0.567. The van der Waals surface area contributed by atoms with Crippen LogP contribution < -0.4 is 10.6 Å². The van der Waals surface area contributed by atoms with Crippen LogP contribution in [-0.4, -0.2) is 40.4 Å². The highest BCUT2D eigenvalue weighted by atomic mass is 32.1. The predicted octanol–water partition coefficient (Wildman–Crippen LogP) is 0.963. The molecule has 8 nitrogen and oxygen atoms in total. The number of urea groups is 1. The van der Waals surface area contributed by atoms with Crippen LogP contribution in [0.25, 0.3) is 4.96 Å². The van der Waals surface area contributed by atoms with Crippen molar-refractivity contribution in [3.8, 4) is 0 Å². The van der Waals surface area contributed by atoms with Crippen LogP contribution in [-0.2, 0) is 20.7 Å². The molecule has 0 bridgehead atoms. The number of imidazole rings is 1. The smallest absolute Gasteiger partial charge is 0.321 e. The number of ether oxygens (including phenoxy) is 1. The monoisotopic (exact) mass is 338 g/mol. The lowest BCUT2D eigenvalue weighted by molar-refractivity contribution is -0.147. The Balaban J connectivity index is 1.70. The van der Waals surface area contributed by atoms with Gasteiger partial charge in [-0.2, -0.15) is 0 Å². The average Bonchev–Trinajstić information content (AvgIpc) is 3.04. The molecule has 0 saturated carbocycles. The minimum atomic E-state index is -0.676. The molecule has 124 valence electrons. The minimum absolute atomic E-state index is 0.0266. The Labute approximate surface area is 136 Å². The maximum absolute atomic E-state index is 11.7. The summed E-state index contributed by atoms with van der Waals surface area (Å²) < 4.78 is 6.63. The SMILES string of the molecule is CC(C)CNC(=O)NC(=O)COC(=O)Cc1cn2ccsc2n1. The first-order valence-electron chi connectivity index (χ1n) is 7.08. The van der Waals surface area contributed by atoms with E-state index in [9.17, 15) is 14.4 Å². The zero-order valence-electron chi connectivity index (χ0n) is 12.9. The Morgan fingerprint density at radius 3 is 2.87 bits per heavy atom. The maximum atomic E-state index is 11.7. The molecule has 0 aliphatic rings. The van der Waals surface area contributed by atoms with Crippen molar-refractivity contribution in [1.82, 2.24) is 20.0 Å². The molecule has 0 aliphatic carbocycles. The van der Waals surface area contributed by atoms with E-state index in [1.165, 1.54) is 11.3 Å². The molecule has 0 saturated heterocycles. The summed E-state index contributed by atoms with van der Waals surface area (Å²) in [5, 5.41) is 6.51. The van der Waals surface area contributed by atoms with Gasteiger partial charge in [0.2, 0.25) is 0 Å². The summed E-state index contributed by atoms with van der Waals surface area (Å²) in [5.74, 6) is -0.975. The molecule has 0 aliphatic heterocycles. The van der Waals surface area contributed by atoms with E-state index < -0.39 is 24.5 Å². The lowest BCUT2D eigenvalue weighted by Gasteiger charge is -2.08. The van der Waals surface area contributed by atoms with Crippen LogP contribution in [0.2, 0.25) is 0 Å². The van der Waals surface area contributed by atoms with Gasteiger partial charge in [0.1, 0.15) is 0 Å². The number of hydrogen-bond acceptors (Lipinski definition) is 6. The highest BCUT2D eigenvalue weighted by molar-refractivity contribution is 7.15. The van der Waals surface area contributed by atoms with Gasteiger partial charge in [-0.05, 0) is 5.92 Å². The summed E-state index contributed by atoms with van der Waals surface area (Å²) >= 11 is 1.46. The fourth-order valence-electron chi connectivity index (χ4n) is 1.71.